The summed E-state index contributed by atoms with van der Waals surface area (Å²) in [7, 11) is 0. The van der Waals surface area contributed by atoms with E-state index in [1.807, 2.05) is 0 Å². The minimum Gasteiger partial charge on any atom is -0.361 e. The van der Waals surface area contributed by atoms with Crippen molar-refractivity contribution in [1.29, 1.82) is 0 Å². The molecule has 0 amide bonds. The lowest BCUT2D eigenvalue weighted by atomic mass is 9.96. The molecular weight excluding hydrogens is 320 g/mol. The first-order valence-corrected chi connectivity index (χ1v) is 10.5. The molecule has 4 rings (SSSR count). The number of nitrogens with one attached hydrogen (secondary N) is 2. The Morgan fingerprint density at radius 3 is 2.81 bits per heavy atom. The first-order chi connectivity index (χ1) is 12.7. The molecule has 2 fully saturated rings. The Balaban J connectivity index is 1.45. The van der Waals surface area contributed by atoms with Gasteiger partial charge in [0.05, 0.1) is 0 Å². The van der Waals surface area contributed by atoms with Crippen LogP contribution < -0.4 is 5.32 Å². The van der Waals surface area contributed by atoms with E-state index in [0.717, 1.165) is 13.1 Å². The fourth-order valence-electron chi connectivity index (χ4n) is 4.59. The highest BCUT2D eigenvalue weighted by atomic mass is 15.2. The largest absolute Gasteiger partial charge is 0.361 e. The number of hydrogen-bond donors (Lipinski definition) is 2. The summed E-state index contributed by atoms with van der Waals surface area (Å²) in [5.41, 5.74) is 4.18. The minimum atomic E-state index is 0.535. The van der Waals surface area contributed by atoms with Crippen molar-refractivity contribution in [1.82, 2.24) is 20.1 Å². The van der Waals surface area contributed by atoms with Crippen molar-refractivity contribution in [2.24, 2.45) is 0 Å². The molecule has 2 N–H and O–H groups in total. The average molecular weight is 355 g/mol. The maximum atomic E-state index is 3.67. The van der Waals surface area contributed by atoms with Gasteiger partial charge in [-0.1, -0.05) is 18.6 Å². The molecule has 26 heavy (non-hydrogen) atoms. The van der Waals surface area contributed by atoms with Gasteiger partial charge in [-0.05, 0) is 69.9 Å². The molecule has 0 aliphatic carbocycles. The van der Waals surface area contributed by atoms with Gasteiger partial charge in [0.25, 0.3) is 0 Å². The van der Waals surface area contributed by atoms with Crippen molar-refractivity contribution in [3.05, 3.63) is 35.5 Å². The summed E-state index contributed by atoms with van der Waals surface area (Å²) in [6, 6.07) is 8.24. The molecule has 4 nitrogen and oxygen atoms in total. The monoisotopic (exact) mass is 354 g/mol. The van der Waals surface area contributed by atoms with E-state index in [-0.39, 0.29) is 0 Å². The van der Waals surface area contributed by atoms with Crippen LogP contribution in [0.15, 0.2) is 24.4 Å². The van der Waals surface area contributed by atoms with E-state index < -0.39 is 0 Å². The van der Waals surface area contributed by atoms with Gasteiger partial charge in [0.15, 0.2) is 0 Å². The van der Waals surface area contributed by atoms with Crippen molar-refractivity contribution in [2.75, 3.05) is 32.7 Å². The second-order valence-electron chi connectivity index (χ2n) is 8.38. The highest BCUT2D eigenvalue weighted by Crippen LogP contribution is 2.28. The maximum Gasteiger partial charge on any atom is 0.0460 e. The molecule has 0 radical (unpaired) electrons. The predicted molar refractivity (Wildman–Crippen MR) is 109 cm³/mol. The molecule has 2 aliphatic heterocycles. The molecule has 0 saturated carbocycles. The lowest BCUT2D eigenvalue weighted by molar-refractivity contribution is 0.218. The van der Waals surface area contributed by atoms with Crippen molar-refractivity contribution in [2.45, 2.75) is 58.2 Å². The Hall–Kier alpha value is -1.36. The number of H-pyrrole nitrogens is 1. The topological polar surface area (TPSA) is 34.3 Å². The average Bonchev–Trinajstić information content (AvgIpc) is 2.90. The zero-order chi connectivity index (χ0) is 17.9. The Morgan fingerprint density at radius 2 is 2.00 bits per heavy atom. The van der Waals surface area contributed by atoms with Crippen LogP contribution in [0.1, 0.15) is 56.7 Å². The van der Waals surface area contributed by atoms with Gasteiger partial charge in [-0.3, -0.25) is 9.80 Å². The fraction of sp³-hybridized carbons (Fsp3) is 0.636. The number of nitrogens with zero attached hydrogens (tertiary/aromatic N) is 2. The summed E-state index contributed by atoms with van der Waals surface area (Å²) in [6.45, 7) is 11.7. The van der Waals surface area contributed by atoms with Gasteiger partial charge < -0.3 is 10.3 Å². The van der Waals surface area contributed by atoms with Crippen molar-refractivity contribution in [3.63, 3.8) is 0 Å². The molecule has 1 aromatic carbocycles. The number of aromatic amines is 1. The Morgan fingerprint density at radius 1 is 1.08 bits per heavy atom. The smallest absolute Gasteiger partial charge is 0.0460 e. The second kappa shape index (κ2) is 8.12. The first-order valence-electron chi connectivity index (χ1n) is 10.5. The Labute approximate surface area is 157 Å². The van der Waals surface area contributed by atoms with E-state index >= 15 is 0 Å². The van der Waals surface area contributed by atoms with Gasteiger partial charge in [-0.25, -0.2) is 0 Å². The first kappa shape index (κ1) is 18.0. The molecule has 3 heterocycles. The molecular formula is C22H34N4. The maximum absolute atomic E-state index is 3.67. The molecule has 142 valence electrons. The van der Waals surface area contributed by atoms with Crippen LogP contribution in [0.3, 0.4) is 0 Å². The van der Waals surface area contributed by atoms with Crippen LogP contribution in [0.5, 0.6) is 0 Å². The number of benzene rings is 1. The van der Waals surface area contributed by atoms with Crippen LogP contribution >= 0.6 is 0 Å². The van der Waals surface area contributed by atoms with Gasteiger partial charge in [0, 0.05) is 48.8 Å². The van der Waals surface area contributed by atoms with Gasteiger partial charge in [-0.15, -0.1) is 0 Å². The zero-order valence-corrected chi connectivity index (χ0v) is 16.4. The molecule has 2 saturated heterocycles. The fourth-order valence-corrected chi connectivity index (χ4v) is 4.59. The second-order valence-corrected chi connectivity index (χ2v) is 8.38. The predicted octanol–water partition coefficient (Wildman–Crippen LogP) is 3.90. The van der Waals surface area contributed by atoms with Crippen LogP contribution in [0.25, 0.3) is 10.9 Å². The molecule has 1 atom stereocenters. The number of piperidine rings is 1. The number of rotatable bonds is 4. The van der Waals surface area contributed by atoms with Crippen LogP contribution in [0, 0.1) is 0 Å². The summed E-state index contributed by atoms with van der Waals surface area (Å²) >= 11 is 0. The quantitative estimate of drug-likeness (QED) is 0.874. The van der Waals surface area contributed by atoms with Crippen molar-refractivity contribution < 1.29 is 0 Å². The third kappa shape index (κ3) is 3.98. The molecule has 0 spiro atoms. The summed E-state index contributed by atoms with van der Waals surface area (Å²) in [6.07, 6.45) is 7.43. The van der Waals surface area contributed by atoms with E-state index in [1.165, 1.54) is 73.9 Å². The normalized spacial score (nSPS) is 23.6. The van der Waals surface area contributed by atoms with Crippen molar-refractivity contribution in [3.8, 4) is 0 Å². The molecule has 1 unspecified atom stereocenters. The van der Waals surface area contributed by atoms with E-state index in [4.69, 9.17) is 0 Å². The summed E-state index contributed by atoms with van der Waals surface area (Å²) in [5.74, 6) is 0. The van der Waals surface area contributed by atoms with E-state index in [0.29, 0.717) is 12.1 Å². The zero-order valence-electron chi connectivity index (χ0n) is 16.4. The van der Waals surface area contributed by atoms with Crippen LogP contribution in [0.2, 0.25) is 0 Å². The SMILES string of the molecule is CC(C)N1CCCN(Cc2c[nH]c3cc(C4CCCCN4)ccc23)CC1. The Kier molecular flexibility index (Phi) is 5.63. The highest BCUT2D eigenvalue weighted by molar-refractivity contribution is 5.83. The summed E-state index contributed by atoms with van der Waals surface area (Å²) in [5, 5.41) is 5.06. The van der Waals surface area contributed by atoms with Gasteiger partial charge >= 0.3 is 0 Å². The van der Waals surface area contributed by atoms with Crippen molar-refractivity contribution >= 4 is 10.9 Å². The molecule has 2 aliphatic rings. The third-order valence-corrected chi connectivity index (χ3v) is 6.25. The molecule has 1 aromatic heterocycles. The molecule has 0 bridgehead atoms. The van der Waals surface area contributed by atoms with Crippen LogP contribution in [-0.4, -0.2) is 53.5 Å². The third-order valence-electron chi connectivity index (χ3n) is 6.25. The van der Waals surface area contributed by atoms with Gasteiger partial charge in [-0.2, -0.15) is 0 Å². The number of hydrogen-bond acceptors (Lipinski definition) is 3. The van der Waals surface area contributed by atoms with Crippen LogP contribution in [-0.2, 0) is 6.54 Å². The minimum absolute atomic E-state index is 0.535. The highest BCUT2D eigenvalue weighted by Gasteiger charge is 2.19. The molecule has 2 aromatic rings. The number of fused-ring (bicyclic) bond motifs is 1. The Bertz CT molecular complexity index is 714. The van der Waals surface area contributed by atoms with Crippen LogP contribution in [0.4, 0.5) is 0 Å². The van der Waals surface area contributed by atoms with E-state index in [2.05, 4.69) is 58.3 Å². The summed E-state index contributed by atoms with van der Waals surface area (Å²) in [4.78, 5) is 8.77. The van der Waals surface area contributed by atoms with Gasteiger partial charge in [0.1, 0.15) is 0 Å². The van der Waals surface area contributed by atoms with Gasteiger partial charge in [0.2, 0.25) is 0 Å². The standard InChI is InChI=1S/C22H34N4/c1-17(2)26-11-5-10-25(12-13-26)16-19-15-24-22-14-18(7-8-20(19)22)21-6-3-4-9-23-21/h7-8,14-15,17,21,23-24H,3-6,9-13,16H2,1-2H3. The van der Waals surface area contributed by atoms with E-state index in [9.17, 15) is 0 Å². The lowest BCUT2D eigenvalue weighted by Crippen LogP contribution is -2.34. The summed E-state index contributed by atoms with van der Waals surface area (Å²) < 4.78 is 0. The molecule has 4 heteroatoms. The van der Waals surface area contributed by atoms with E-state index in [1.54, 1.807) is 0 Å². The lowest BCUT2D eigenvalue weighted by Gasteiger charge is -2.25. The number of aromatic nitrogens is 1.